The number of amides is 2. The van der Waals surface area contributed by atoms with Crippen molar-refractivity contribution < 1.29 is 14.3 Å². The summed E-state index contributed by atoms with van der Waals surface area (Å²) in [6.45, 7) is 7.89. The van der Waals surface area contributed by atoms with Crippen molar-refractivity contribution in [3.8, 4) is 0 Å². The molecule has 1 aliphatic heterocycles. The summed E-state index contributed by atoms with van der Waals surface area (Å²) >= 11 is 6.31. The first-order valence-electron chi connectivity index (χ1n) is 8.69. The zero-order valence-corrected chi connectivity index (χ0v) is 16.0. The lowest BCUT2D eigenvalue weighted by molar-refractivity contribution is 0.0570. The molecule has 0 radical (unpaired) electrons. The molecule has 0 aliphatic carbocycles. The van der Waals surface area contributed by atoms with Gasteiger partial charge in [-0.2, -0.15) is 0 Å². The van der Waals surface area contributed by atoms with Gasteiger partial charge in [0.1, 0.15) is 5.15 Å². The fourth-order valence-electron chi connectivity index (χ4n) is 3.26. The van der Waals surface area contributed by atoms with Crippen LogP contribution in [-0.2, 0) is 4.74 Å². The van der Waals surface area contributed by atoms with E-state index in [0.717, 1.165) is 22.0 Å². The number of carbonyl (C=O) groups excluding carboxylic acids is 2. The molecule has 2 amide bonds. The Morgan fingerprint density at radius 1 is 1.12 bits per heavy atom. The van der Waals surface area contributed by atoms with Gasteiger partial charge < -0.3 is 14.5 Å². The summed E-state index contributed by atoms with van der Waals surface area (Å²) in [6.07, 6.45) is -0.337. The van der Waals surface area contributed by atoms with Crippen LogP contribution >= 0.6 is 11.6 Å². The Morgan fingerprint density at radius 2 is 1.77 bits per heavy atom. The Bertz CT molecular complexity index is 861. The van der Waals surface area contributed by atoms with Gasteiger partial charge in [0.05, 0.1) is 17.7 Å². The summed E-state index contributed by atoms with van der Waals surface area (Å²) in [7, 11) is 0. The second-order valence-electron chi connectivity index (χ2n) is 6.46. The van der Waals surface area contributed by atoms with E-state index in [9.17, 15) is 9.59 Å². The number of fused-ring (bicyclic) bond motifs is 1. The van der Waals surface area contributed by atoms with Gasteiger partial charge in [0.2, 0.25) is 0 Å². The second kappa shape index (κ2) is 7.50. The lowest BCUT2D eigenvalue weighted by atomic mass is 10.0. The molecular weight excluding hydrogens is 354 g/mol. The number of hydrogen-bond donors (Lipinski definition) is 0. The quantitative estimate of drug-likeness (QED) is 0.754. The first-order valence-corrected chi connectivity index (χ1v) is 9.07. The molecule has 1 aliphatic rings. The smallest absolute Gasteiger partial charge is 0.409 e. The normalized spacial score (nSPS) is 14.6. The van der Waals surface area contributed by atoms with Crippen molar-refractivity contribution in [2.45, 2.75) is 20.8 Å². The molecule has 0 atom stereocenters. The maximum atomic E-state index is 12.9. The van der Waals surface area contributed by atoms with Crippen molar-refractivity contribution in [3.63, 3.8) is 0 Å². The number of halogens is 1. The number of aromatic nitrogens is 1. The van der Waals surface area contributed by atoms with Crippen molar-refractivity contribution in [3.05, 3.63) is 40.0 Å². The van der Waals surface area contributed by atoms with E-state index >= 15 is 0 Å². The van der Waals surface area contributed by atoms with E-state index in [1.54, 1.807) is 16.7 Å². The molecule has 1 aromatic heterocycles. The molecule has 0 saturated carbocycles. The zero-order chi connectivity index (χ0) is 18.8. The van der Waals surface area contributed by atoms with E-state index < -0.39 is 0 Å². The number of carbonyl (C=O) groups is 2. The second-order valence-corrected chi connectivity index (χ2v) is 6.82. The standard InChI is InChI=1S/C19H22ClN3O3/c1-4-26-19(25)23-7-5-22(6-8-23)18(24)15-11-14-10-12(2)9-13(3)16(14)21-17(15)20/h9-11H,4-8H2,1-3H3. The molecule has 0 N–H and O–H groups in total. The summed E-state index contributed by atoms with van der Waals surface area (Å²) < 4.78 is 5.00. The topological polar surface area (TPSA) is 62.7 Å². The summed E-state index contributed by atoms with van der Waals surface area (Å²) in [6, 6.07) is 5.85. The van der Waals surface area contributed by atoms with Crippen LogP contribution in [0.15, 0.2) is 18.2 Å². The van der Waals surface area contributed by atoms with E-state index in [1.807, 2.05) is 32.0 Å². The predicted molar refractivity (Wildman–Crippen MR) is 101 cm³/mol. The average Bonchev–Trinajstić information content (AvgIpc) is 2.61. The van der Waals surface area contributed by atoms with Gasteiger partial charge in [-0.3, -0.25) is 4.79 Å². The van der Waals surface area contributed by atoms with E-state index in [2.05, 4.69) is 4.98 Å². The fourth-order valence-corrected chi connectivity index (χ4v) is 3.48. The minimum Gasteiger partial charge on any atom is -0.450 e. The highest BCUT2D eigenvalue weighted by Gasteiger charge is 2.27. The molecule has 1 fully saturated rings. The van der Waals surface area contributed by atoms with Crippen molar-refractivity contribution in [2.24, 2.45) is 0 Å². The third-order valence-corrected chi connectivity index (χ3v) is 4.82. The van der Waals surface area contributed by atoms with Crippen LogP contribution in [0.5, 0.6) is 0 Å². The zero-order valence-electron chi connectivity index (χ0n) is 15.2. The number of rotatable bonds is 2. The highest BCUT2D eigenvalue weighted by molar-refractivity contribution is 6.33. The Labute approximate surface area is 157 Å². The molecular formula is C19H22ClN3O3. The number of aryl methyl sites for hydroxylation is 2. The van der Waals surface area contributed by atoms with E-state index in [0.29, 0.717) is 38.3 Å². The molecule has 6 nitrogen and oxygen atoms in total. The van der Waals surface area contributed by atoms with Gasteiger partial charge in [0, 0.05) is 31.6 Å². The van der Waals surface area contributed by atoms with Gasteiger partial charge in [-0.25, -0.2) is 9.78 Å². The Morgan fingerprint density at radius 3 is 2.42 bits per heavy atom. The van der Waals surface area contributed by atoms with Crippen LogP contribution in [0.1, 0.15) is 28.4 Å². The number of hydrogen-bond acceptors (Lipinski definition) is 4. The van der Waals surface area contributed by atoms with E-state index in [1.165, 1.54) is 0 Å². The Hall–Kier alpha value is -2.34. The van der Waals surface area contributed by atoms with Crippen LogP contribution in [0.25, 0.3) is 10.9 Å². The molecule has 0 bridgehead atoms. The van der Waals surface area contributed by atoms with Crippen molar-refractivity contribution in [2.75, 3.05) is 32.8 Å². The molecule has 0 spiro atoms. The molecule has 2 aromatic rings. The molecule has 1 saturated heterocycles. The van der Waals surface area contributed by atoms with Gasteiger partial charge in [0.15, 0.2) is 0 Å². The van der Waals surface area contributed by atoms with Crippen LogP contribution in [0, 0.1) is 13.8 Å². The third kappa shape index (κ3) is 3.60. The van der Waals surface area contributed by atoms with Crippen LogP contribution in [0.3, 0.4) is 0 Å². The first kappa shape index (κ1) is 18.5. The van der Waals surface area contributed by atoms with Gasteiger partial charge in [-0.1, -0.05) is 23.2 Å². The van der Waals surface area contributed by atoms with E-state index in [-0.39, 0.29) is 17.2 Å². The number of ether oxygens (including phenoxy) is 1. The number of piperazine rings is 1. The molecule has 0 unspecified atom stereocenters. The first-order chi connectivity index (χ1) is 12.4. The minimum atomic E-state index is -0.337. The lowest BCUT2D eigenvalue weighted by Crippen LogP contribution is -2.50. The Balaban J connectivity index is 1.80. The van der Waals surface area contributed by atoms with Crippen molar-refractivity contribution >= 4 is 34.5 Å². The summed E-state index contributed by atoms with van der Waals surface area (Å²) in [5.74, 6) is -0.160. The third-order valence-electron chi connectivity index (χ3n) is 4.53. The van der Waals surface area contributed by atoms with Crippen molar-refractivity contribution in [1.82, 2.24) is 14.8 Å². The highest BCUT2D eigenvalue weighted by atomic mass is 35.5. The van der Waals surface area contributed by atoms with Gasteiger partial charge in [-0.15, -0.1) is 0 Å². The van der Waals surface area contributed by atoms with Crippen LogP contribution in [0.2, 0.25) is 5.15 Å². The average molecular weight is 376 g/mol. The molecule has 26 heavy (non-hydrogen) atoms. The summed E-state index contributed by atoms with van der Waals surface area (Å²) in [5.41, 5.74) is 3.35. The number of pyridine rings is 1. The summed E-state index contributed by atoms with van der Waals surface area (Å²) in [5, 5.41) is 1.11. The predicted octanol–water partition coefficient (Wildman–Crippen LogP) is 3.42. The summed E-state index contributed by atoms with van der Waals surface area (Å²) in [4.78, 5) is 32.4. The van der Waals surface area contributed by atoms with Crippen LogP contribution < -0.4 is 0 Å². The molecule has 1 aromatic carbocycles. The number of benzene rings is 1. The fraction of sp³-hybridized carbons (Fsp3) is 0.421. The maximum Gasteiger partial charge on any atom is 0.409 e. The van der Waals surface area contributed by atoms with Crippen molar-refractivity contribution in [1.29, 1.82) is 0 Å². The molecule has 138 valence electrons. The lowest BCUT2D eigenvalue weighted by Gasteiger charge is -2.34. The maximum absolute atomic E-state index is 12.9. The minimum absolute atomic E-state index is 0.160. The van der Waals surface area contributed by atoms with Crippen LogP contribution in [0.4, 0.5) is 4.79 Å². The van der Waals surface area contributed by atoms with E-state index in [4.69, 9.17) is 16.3 Å². The van der Waals surface area contributed by atoms with Gasteiger partial charge in [0.25, 0.3) is 5.91 Å². The van der Waals surface area contributed by atoms with Crippen LogP contribution in [-0.4, -0.2) is 59.6 Å². The highest BCUT2D eigenvalue weighted by Crippen LogP contribution is 2.25. The SMILES string of the molecule is CCOC(=O)N1CCN(C(=O)c2cc3cc(C)cc(C)c3nc2Cl)CC1. The Kier molecular flexibility index (Phi) is 5.32. The largest absolute Gasteiger partial charge is 0.450 e. The van der Waals surface area contributed by atoms with Gasteiger partial charge >= 0.3 is 6.09 Å². The molecule has 2 heterocycles. The number of nitrogens with zero attached hydrogens (tertiary/aromatic N) is 3. The van der Waals surface area contributed by atoms with Gasteiger partial charge in [-0.05, 0) is 38.5 Å². The monoisotopic (exact) mass is 375 g/mol. The molecule has 3 rings (SSSR count). The molecule has 7 heteroatoms.